The molecule has 0 aliphatic heterocycles. The zero-order valence-electron chi connectivity index (χ0n) is 11.0. The van der Waals surface area contributed by atoms with E-state index in [2.05, 4.69) is 12.2 Å². The lowest BCUT2D eigenvalue weighted by atomic mass is 10.1. The Morgan fingerprint density at radius 1 is 1.44 bits per heavy atom. The van der Waals surface area contributed by atoms with Crippen LogP contribution in [0.15, 0.2) is 24.3 Å². The summed E-state index contributed by atoms with van der Waals surface area (Å²) in [7, 11) is 1.62. The summed E-state index contributed by atoms with van der Waals surface area (Å²) >= 11 is 0. The van der Waals surface area contributed by atoms with Crippen molar-refractivity contribution in [1.82, 2.24) is 5.32 Å². The van der Waals surface area contributed by atoms with Crippen molar-refractivity contribution < 1.29 is 14.6 Å². The number of nitrogens with one attached hydrogen (secondary N) is 1. The van der Waals surface area contributed by atoms with Gasteiger partial charge in [0.2, 0.25) is 5.91 Å². The lowest BCUT2D eigenvalue weighted by Gasteiger charge is -2.17. The van der Waals surface area contributed by atoms with Crippen LogP contribution in [0.3, 0.4) is 0 Å². The summed E-state index contributed by atoms with van der Waals surface area (Å²) in [6.45, 7) is 2.58. The molecule has 0 bridgehead atoms. The molecule has 1 unspecified atom stereocenters. The zero-order chi connectivity index (χ0) is 13.4. The van der Waals surface area contributed by atoms with Gasteiger partial charge in [-0.15, -0.1) is 0 Å². The molecule has 1 aromatic carbocycles. The second kappa shape index (κ2) is 7.71. The number of phenols is 1. The number of carbonyl (C=O) groups is 1. The van der Waals surface area contributed by atoms with Crippen LogP contribution in [0.25, 0.3) is 0 Å². The van der Waals surface area contributed by atoms with Crippen molar-refractivity contribution in [2.45, 2.75) is 32.2 Å². The summed E-state index contributed by atoms with van der Waals surface area (Å²) in [5, 5.41) is 12.5. The molecule has 100 valence electrons. The number of carbonyl (C=O) groups excluding carboxylic acids is 1. The molecule has 0 fully saturated rings. The van der Waals surface area contributed by atoms with E-state index in [-0.39, 0.29) is 24.1 Å². The molecule has 2 N–H and O–H groups in total. The van der Waals surface area contributed by atoms with E-state index in [1.165, 1.54) is 0 Å². The molecule has 1 aromatic rings. The van der Waals surface area contributed by atoms with Gasteiger partial charge < -0.3 is 15.2 Å². The molecule has 1 amide bonds. The number of benzene rings is 1. The van der Waals surface area contributed by atoms with Crippen molar-refractivity contribution in [3.63, 3.8) is 0 Å². The third-order valence-corrected chi connectivity index (χ3v) is 2.71. The predicted octanol–water partition coefficient (Wildman–Crippen LogP) is 1.87. The van der Waals surface area contributed by atoms with Crippen molar-refractivity contribution in [2.24, 2.45) is 0 Å². The number of amides is 1. The van der Waals surface area contributed by atoms with Crippen LogP contribution in [0.5, 0.6) is 5.75 Å². The van der Waals surface area contributed by atoms with Crippen molar-refractivity contribution in [3.8, 4) is 5.75 Å². The molecular weight excluding hydrogens is 230 g/mol. The van der Waals surface area contributed by atoms with Crippen LogP contribution in [-0.4, -0.2) is 30.8 Å². The van der Waals surface area contributed by atoms with Crippen LogP contribution < -0.4 is 5.32 Å². The molecule has 4 nitrogen and oxygen atoms in total. The Labute approximate surface area is 108 Å². The van der Waals surface area contributed by atoms with Crippen molar-refractivity contribution in [1.29, 1.82) is 0 Å². The van der Waals surface area contributed by atoms with Gasteiger partial charge >= 0.3 is 0 Å². The molecule has 0 saturated heterocycles. The normalized spacial score (nSPS) is 12.1. The molecule has 4 heteroatoms. The van der Waals surface area contributed by atoms with Crippen LogP contribution in [0.4, 0.5) is 0 Å². The first-order valence-corrected chi connectivity index (χ1v) is 6.22. The minimum atomic E-state index is -0.0907. The molecule has 0 radical (unpaired) electrons. The Kier molecular flexibility index (Phi) is 6.22. The topological polar surface area (TPSA) is 58.6 Å². The minimum absolute atomic E-state index is 0.0401. The number of para-hydroxylation sites is 1. The van der Waals surface area contributed by atoms with Crippen LogP contribution in [0.2, 0.25) is 0 Å². The van der Waals surface area contributed by atoms with Gasteiger partial charge in [-0.05, 0) is 12.5 Å². The van der Waals surface area contributed by atoms with E-state index in [9.17, 15) is 9.90 Å². The summed E-state index contributed by atoms with van der Waals surface area (Å²) in [5.41, 5.74) is 0.641. The van der Waals surface area contributed by atoms with E-state index in [0.717, 1.165) is 12.8 Å². The number of rotatable bonds is 7. The molecule has 0 aliphatic carbocycles. The fraction of sp³-hybridized carbons (Fsp3) is 0.500. The van der Waals surface area contributed by atoms with Gasteiger partial charge in [0.1, 0.15) is 5.75 Å². The maximum atomic E-state index is 11.8. The number of ether oxygens (including phenoxy) is 1. The largest absolute Gasteiger partial charge is 0.508 e. The monoisotopic (exact) mass is 251 g/mol. The molecule has 1 atom stereocenters. The maximum Gasteiger partial charge on any atom is 0.224 e. The van der Waals surface area contributed by atoms with Gasteiger partial charge in [0.15, 0.2) is 0 Å². The zero-order valence-corrected chi connectivity index (χ0v) is 11.0. The molecule has 0 saturated carbocycles. The van der Waals surface area contributed by atoms with Crippen LogP contribution in [0.1, 0.15) is 25.3 Å². The van der Waals surface area contributed by atoms with E-state index in [4.69, 9.17) is 4.74 Å². The Hall–Kier alpha value is -1.55. The number of aromatic hydroxyl groups is 1. The molecule has 0 aromatic heterocycles. The maximum absolute atomic E-state index is 11.8. The fourth-order valence-corrected chi connectivity index (χ4v) is 1.86. The minimum Gasteiger partial charge on any atom is -0.508 e. The molecule has 0 spiro atoms. The second-order valence-electron chi connectivity index (χ2n) is 4.31. The molecule has 1 rings (SSSR count). The van der Waals surface area contributed by atoms with Crippen LogP contribution in [-0.2, 0) is 16.0 Å². The first-order valence-electron chi connectivity index (χ1n) is 6.22. The summed E-state index contributed by atoms with van der Waals surface area (Å²) in [6.07, 6.45) is 2.07. The van der Waals surface area contributed by atoms with Gasteiger partial charge in [-0.3, -0.25) is 4.79 Å². The van der Waals surface area contributed by atoms with Gasteiger partial charge in [0, 0.05) is 12.7 Å². The highest BCUT2D eigenvalue weighted by molar-refractivity contribution is 5.79. The third-order valence-electron chi connectivity index (χ3n) is 2.71. The number of phenolic OH excluding ortho intramolecular Hbond substituents is 1. The SMILES string of the molecule is CCCC(COC)NC(=O)Cc1ccccc1O. The third kappa shape index (κ3) is 4.75. The van der Waals surface area contributed by atoms with Crippen molar-refractivity contribution >= 4 is 5.91 Å². The van der Waals surface area contributed by atoms with Crippen molar-refractivity contribution in [2.75, 3.05) is 13.7 Å². The fourth-order valence-electron chi connectivity index (χ4n) is 1.86. The van der Waals surface area contributed by atoms with E-state index >= 15 is 0 Å². The second-order valence-corrected chi connectivity index (χ2v) is 4.31. The average molecular weight is 251 g/mol. The summed E-state index contributed by atoms with van der Waals surface area (Å²) in [5.74, 6) is 0.0680. The smallest absolute Gasteiger partial charge is 0.224 e. The highest BCUT2D eigenvalue weighted by atomic mass is 16.5. The predicted molar refractivity (Wildman–Crippen MR) is 70.5 cm³/mol. The first kappa shape index (κ1) is 14.5. The van der Waals surface area contributed by atoms with Crippen LogP contribution >= 0.6 is 0 Å². The Morgan fingerprint density at radius 3 is 2.78 bits per heavy atom. The average Bonchev–Trinajstić information content (AvgIpc) is 2.33. The lowest BCUT2D eigenvalue weighted by molar-refractivity contribution is -0.121. The van der Waals surface area contributed by atoms with E-state index in [0.29, 0.717) is 12.2 Å². The van der Waals surface area contributed by atoms with Gasteiger partial charge in [0.25, 0.3) is 0 Å². The number of hydrogen-bond acceptors (Lipinski definition) is 3. The number of methoxy groups -OCH3 is 1. The Bertz CT molecular complexity index is 373. The Balaban J connectivity index is 2.52. The van der Waals surface area contributed by atoms with Gasteiger partial charge in [-0.25, -0.2) is 0 Å². The summed E-state index contributed by atoms with van der Waals surface area (Å²) in [4.78, 5) is 11.8. The first-order chi connectivity index (χ1) is 8.67. The highest BCUT2D eigenvalue weighted by Crippen LogP contribution is 2.15. The molecule has 0 aliphatic rings. The highest BCUT2D eigenvalue weighted by Gasteiger charge is 2.12. The molecule has 18 heavy (non-hydrogen) atoms. The van der Waals surface area contributed by atoms with Gasteiger partial charge in [-0.1, -0.05) is 31.5 Å². The quantitative estimate of drug-likeness (QED) is 0.777. The van der Waals surface area contributed by atoms with Gasteiger partial charge in [-0.2, -0.15) is 0 Å². The van der Waals surface area contributed by atoms with E-state index in [1.807, 2.05) is 0 Å². The number of hydrogen-bond donors (Lipinski definition) is 2. The molecule has 0 heterocycles. The summed E-state index contributed by atoms with van der Waals surface area (Å²) in [6, 6.07) is 6.92. The standard InChI is InChI=1S/C14H21NO3/c1-3-6-12(10-18-2)15-14(17)9-11-7-4-5-8-13(11)16/h4-5,7-8,12,16H,3,6,9-10H2,1-2H3,(H,15,17). The molecular formula is C14H21NO3. The van der Waals surface area contributed by atoms with E-state index < -0.39 is 0 Å². The van der Waals surface area contributed by atoms with Crippen LogP contribution in [0, 0.1) is 0 Å². The van der Waals surface area contributed by atoms with Crippen molar-refractivity contribution in [3.05, 3.63) is 29.8 Å². The Morgan fingerprint density at radius 2 is 2.17 bits per heavy atom. The van der Waals surface area contributed by atoms with Gasteiger partial charge in [0.05, 0.1) is 19.1 Å². The lowest BCUT2D eigenvalue weighted by Crippen LogP contribution is -2.38. The summed E-state index contributed by atoms with van der Waals surface area (Å²) < 4.78 is 5.07. The van der Waals surface area contributed by atoms with E-state index in [1.54, 1.807) is 31.4 Å².